The monoisotopic (exact) mass is 579 g/mol. The lowest BCUT2D eigenvalue weighted by molar-refractivity contribution is -0.387. The van der Waals surface area contributed by atoms with Gasteiger partial charge in [0.05, 0.1) is 41.1 Å². The molecule has 0 spiro atoms. The maximum atomic E-state index is 13.9. The van der Waals surface area contributed by atoms with Crippen molar-refractivity contribution in [3.63, 3.8) is 0 Å². The minimum Gasteiger partial charge on any atom is -0.443 e. The van der Waals surface area contributed by atoms with Gasteiger partial charge in [-0.3, -0.25) is 10.1 Å². The largest absolute Gasteiger partial charge is 0.443 e. The fourth-order valence-corrected chi connectivity index (χ4v) is 6.28. The van der Waals surface area contributed by atoms with Gasteiger partial charge in [0.15, 0.2) is 6.29 Å². The highest BCUT2D eigenvalue weighted by Crippen LogP contribution is 2.33. The van der Waals surface area contributed by atoms with Crippen LogP contribution < -0.4 is 5.32 Å². The number of hydrogen-bond acceptors (Lipinski definition) is 8. The third-order valence-electron chi connectivity index (χ3n) is 6.82. The molecule has 0 aromatic heterocycles. The van der Waals surface area contributed by atoms with Gasteiger partial charge in [-0.2, -0.15) is 4.39 Å². The first kappa shape index (κ1) is 30.0. The summed E-state index contributed by atoms with van der Waals surface area (Å²) in [5.41, 5.74) is 0.0686. The third kappa shape index (κ3) is 7.61. The zero-order valence-corrected chi connectivity index (χ0v) is 23.1. The summed E-state index contributed by atoms with van der Waals surface area (Å²) in [4.78, 5) is 23.3. The molecule has 2 aliphatic heterocycles. The minimum absolute atomic E-state index is 0.0148. The fourth-order valence-electron chi connectivity index (χ4n) is 4.86. The standard InChI is InChI=1S/C27H34FN3O8S/c1-17(2)14-30(40(36)19-8-9-21(28)23(13-19)31(34)35)15-24(32)22(12-18-6-4-3-5-7-18)29-27(33)39-25-16-38-26-20(25)10-11-37-26/h3-9,13,17,20,22,24-26,32H,10-12,14-16H2,1-2H3,(H,29,33)/t20-,22-,24+,25-,26+,40?/m0/s1. The number of amides is 1. The van der Waals surface area contributed by atoms with Crippen molar-refractivity contribution in [2.45, 2.75) is 56.1 Å². The first-order valence-electron chi connectivity index (χ1n) is 13.2. The van der Waals surface area contributed by atoms with Gasteiger partial charge in [0.2, 0.25) is 5.82 Å². The molecule has 2 aromatic carbocycles. The Balaban J connectivity index is 1.50. The predicted molar refractivity (Wildman–Crippen MR) is 143 cm³/mol. The summed E-state index contributed by atoms with van der Waals surface area (Å²) in [6.45, 7) is 4.67. The summed E-state index contributed by atoms with van der Waals surface area (Å²) in [5.74, 6) is -1.07. The molecule has 2 aromatic rings. The Morgan fingerprint density at radius 2 is 2.00 bits per heavy atom. The highest BCUT2D eigenvalue weighted by Gasteiger charge is 2.44. The number of alkyl carbamates (subject to hydrolysis) is 1. The van der Waals surface area contributed by atoms with Crippen molar-refractivity contribution in [3.05, 3.63) is 70.0 Å². The number of ether oxygens (including phenoxy) is 3. The molecule has 6 atom stereocenters. The number of carbonyl (C=O) groups excluding carboxylic acids is 1. The zero-order valence-electron chi connectivity index (χ0n) is 22.3. The molecule has 218 valence electrons. The molecule has 0 radical (unpaired) electrons. The van der Waals surface area contributed by atoms with Crippen LogP contribution in [0, 0.1) is 27.8 Å². The molecule has 2 fully saturated rings. The lowest BCUT2D eigenvalue weighted by atomic mass is 10.0. The van der Waals surface area contributed by atoms with Crippen LogP contribution in [0.15, 0.2) is 53.4 Å². The molecule has 11 nitrogen and oxygen atoms in total. The van der Waals surface area contributed by atoms with Gasteiger partial charge < -0.3 is 24.6 Å². The van der Waals surface area contributed by atoms with E-state index in [2.05, 4.69) is 5.32 Å². The van der Waals surface area contributed by atoms with Crippen LogP contribution in [-0.4, -0.2) is 75.5 Å². The Morgan fingerprint density at radius 1 is 1.25 bits per heavy atom. The molecule has 13 heteroatoms. The van der Waals surface area contributed by atoms with Crippen LogP contribution in [-0.2, 0) is 31.6 Å². The fraction of sp³-hybridized carbons (Fsp3) is 0.519. The van der Waals surface area contributed by atoms with E-state index in [-0.39, 0.29) is 49.1 Å². The molecule has 1 unspecified atom stereocenters. The number of aliphatic hydroxyl groups is 1. The number of benzene rings is 2. The number of carbonyl (C=O) groups is 1. The third-order valence-corrected chi connectivity index (χ3v) is 8.24. The molecule has 0 saturated carbocycles. The molecule has 0 bridgehead atoms. The maximum absolute atomic E-state index is 13.9. The second-order valence-electron chi connectivity index (χ2n) is 10.3. The molecule has 2 heterocycles. The Kier molecular flexibility index (Phi) is 10.2. The average molecular weight is 580 g/mol. The van der Waals surface area contributed by atoms with Crippen molar-refractivity contribution >= 4 is 22.8 Å². The van der Waals surface area contributed by atoms with Crippen LogP contribution in [0.2, 0.25) is 0 Å². The summed E-state index contributed by atoms with van der Waals surface area (Å²) in [7, 11) is -1.95. The summed E-state index contributed by atoms with van der Waals surface area (Å²) in [5, 5.41) is 25.3. The minimum atomic E-state index is -1.95. The van der Waals surface area contributed by atoms with Crippen molar-refractivity contribution in [1.82, 2.24) is 9.62 Å². The molecule has 2 N–H and O–H groups in total. The smallest absolute Gasteiger partial charge is 0.407 e. The van der Waals surface area contributed by atoms with Crippen LogP contribution in [0.25, 0.3) is 0 Å². The Labute approximate surface area is 234 Å². The van der Waals surface area contributed by atoms with Crippen molar-refractivity contribution in [2.75, 3.05) is 26.3 Å². The summed E-state index contributed by atoms with van der Waals surface area (Å²) < 4.78 is 45.5. The number of nitrogens with one attached hydrogen (secondary N) is 1. The van der Waals surface area contributed by atoms with Crippen LogP contribution in [0.5, 0.6) is 0 Å². The van der Waals surface area contributed by atoms with Gasteiger partial charge in [-0.05, 0) is 36.5 Å². The first-order valence-corrected chi connectivity index (χ1v) is 14.3. The molecule has 2 aliphatic rings. The van der Waals surface area contributed by atoms with Gasteiger partial charge >= 0.3 is 11.8 Å². The quantitative estimate of drug-likeness (QED) is 0.289. The lowest BCUT2D eigenvalue weighted by Crippen LogP contribution is -2.51. The van der Waals surface area contributed by atoms with E-state index < -0.39 is 51.8 Å². The number of fused-ring (bicyclic) bond motifs is 1. The first-order chi connectivity index (χ1) is 19.1. The number of nitro benzene ring substituents is 1. The molecule has 1 amide bonds. The van der Waals surface area contributed by atoms with E-state index in [0.717, 1.165) is 24.1 Å². The van der Waals surface area contributed by atoms with Crippen LogP contribution in [0.4, 0.5) is 14.9 Å². The Morgan fingerprint density at radius 3 is 2.70 bits per heavy atom. The number of nitrogens with zero attached hydrogens (tertiary/aromatic N) is 2. The number of rotatable bonds is 12. The van der Waals surface area contributed by atoms with Crippen molar-refractivity contribution < 1.29 is 37.6 Å². The van der Waals surface area contributed by atoms with E-state index >= 15 is 0 Å². The molecular formula is C27H34FN3O8S. The highest BCUT2D eigenvalue weighted by atomic mass is 32.2. The zero-order chi connectivity index (χ0) is 28.8. The molecular weight excluding hydrogens is 545 g/mol. The van der Waals surface area contributed by atoms with Gasteiger partial charge in [0.1, 0.15) is 17.1 Å². The topological polar surface area (TPSA) is 140 Å². The van der Waals surface area contributed by atoms with E-state index in [4.69, 9.17) is 14.2 Å². The summed E-state index contributed by atoms with van der Waals surface area (Å²) >= 11 is 0. The second-order valence-corrected chi connectivity index (χ2v) is 11.8. The van der Waals surface area contributed by atoms with E-state index in [0.29, 0.717) is 6.61 Å². The van der Waals surface area contributed by atoms with Crippen molar-refractivity contribution in [2.24, 2.45) is 11.8 Å². The number of halogens is 1. The normalized spacial score (nSPS) is 22.6. The SMILES string of the molecule is CC(C)CN(C[C@@H](O)[C@H](Cc1ccccc1)NC(=O)O[C@H]1CO[C@H]2OCC[C@H]21)S(=O)c1ccc(F)c([N+](=O)[O-])c1. The van der Waals surface area contributed by atoms with Gasteiger partial charge in [-0.15, -0.1) is 0 Å². The molecule has 40 heavy (non-hydrogen) atoms. The summed E-state index contributed by atoms with van der Waals surface area (Å²) in [6.07, 6.45) is -1.79. The van der Waals surface area contributed by atoms with E-state index in [9.17, 15) is 28.6 Å². The van der Waals surface area contributed by atoms with Gasteiger partial charge in [0, 0.05) is 19.2 Å². The summed E-state index contributed by atoms with van der Waals surface area (Å²) in [6, 6.07) is 11.5. The van der Waals surface area contributed by atoms with Crippen molar-refractivity contribution in [1.29, 1.82) is 0 Å². The molecule has 4 rings (SSSR count). The van der Waals surface area contributed by atoms with Gasteiger partial charge in [-0.1, -0.05) is 44.2 Å². The molecule has 2 saturated heterocycles. The molecule has 0 aliphatic carbocycles. The second kappa shape index (κ2) is 13.6. The highest BCUT2D eigenvalue weighted by molar-refractivity contribution is 7.82. The maximum Gasteiger partial charge on any atom is 0.407 e. The number of aliphatic hydroxyl groups excluding tert-OH is 1. The van der Waals surface area contributed by atoms with E-state index in [1.807, 2.05) is 44.2 Å². The Bertz CT molecular complexity index is 1200. The van der Waals surface area contributed by atoms with E-state index in [1.54, 1.807) is 0 Å². The van der Waals surface area contributed by atoms with Gasteiger partial charge in [-0.25, -0.2) is 13.3 Å². The van der Waals surface area contributed by atoms with Crippen LogP contribution in [0.1, 0.15) is 25.8 Å². The predicted octanol–water partition coefficient (Wildman–Crippen LogP) is 3.17. The van der Waals surface area contributed by atoms with Crippen LogP contribution >= 0.6 is 0 Å². The van der Waals surface area contributed by atoms with Crippen LogP contribution in [0.3, 0.4) is 0 Å². The number of nitro groups is 1. The lowest BCUT2D eigenvalue weighted by Gasteiger charge is -2.30. The average Bonchev–Trinajstić information content (AvgIpc) is 3.53. The van der Waals surface area contributed by atoms with Gasteiger partial charge in [0.25, 0.3) is 0 Å². The Hall–Kier alpha value is -2.97. The number of hydrogen-bond donors (Lipinski definition) is 2. The van der Waals surface area contributed by atoms with Crippen molar-refractivity contribution in [3.8, 4) is 0 Å². The van der Waals surface area contributed by atoms with E-state index in [1.165, 1.54) is 10.4 Å².